The van der Waals surface area contributed by atoms with E-state index in [-0.39, 0.29) is 16.7 Å². The van der Waals surface area contributed by atoms with Gasteiger partial charge in [-0.3, -0.25) is 4.79 Å². The quantitative estimate of drug-likeness (QED) is 0.503. The van der Waals surface area contributed by atoms with Gasteiger partial charge in [0.25, 0.3) is 5.56 Å². The number of nitrogens with zero attached hydrogens (tertiary/aromatic N) is 3. The molecule has 0 amide bonds. The molecule has 0 aliphatic heterocycles. The molecule has 28 heavy (non-hydrogen) atoms. The number of hydrogen-bond donors (Lipinski definition) is 2. The van der Waals surface area contributed by atoms with E-state index in [1.54, 1.807) is 12.1 Å². The van der Waals surface area contributed by atoms with Crippen LogP contribution in [-0.2, 0) is 11.9 Å². The molecule has 0 atom stereocenters. The number of benzene rings is 1. The van der Waals surface area contributed by atoms with Crippen molar-refractivity contribution in [2.75, 3.05) is 7.11 Å². The number of aromatic nitrogens is 5. The van der Waals surface area contributed by atoms with Crippen LogP contribution in [0.5, 0.6) is 5.88 Å². The van der Waals surface area contributed by atoms with Crippen LogP contribution in [0.4, 0.5) is 13.2 Å². The molecule has 0 saturated heterocycles. The fraction of sp³-hybridized carbons (Fsp3) is 0.176. The average Bonchev–Trinajstić information content (AvgIpc) is 3.07. The van der Waals surface area contributed by atoms with Gasteiger partial charge in [-0.15, -0.1) is 0 Å². The molecule has 0 radical (unpaired) electrons. The zero-order chi connectivity index (χ0) is 19.9. The number of H-pyrrole nitrogens is 2. The normalized spacial score (nSPS) is 12.0. The highest BCUT2D eigenvalue weighted by Gasteiger charge is 2.30. The standard InChI is InChI=1S/C17H12F3N5O2S/c1-27-13-5-4-11-14(24-13)25-16(22-11)28-7-12-21-10-3-2-8(17(18,19)20)6-9(10)15(26)23-12/h2-6H,7H2,1H3,(H,21,23,26)(H,22,24,25). The number of aromatic amines is 2. The Morgan fingerprint density at radius 1 is 1.11 bits per heavy atom. The molecular formula is C17H12F3N5O2S. The molecule has 2 N–H and O–H groups in total. The topological polar surface area (TPSA) is 96.5 Å². The van der Waals surface area contributed by atoms with E-state index in [1.807, 2.05) is 0 Å². The first kappa shape index (κ1) is 18.3. The Balaban J connectivity index is 1.59. The van der Waals surface area contributed by atoms with E-state index in [2.05, 4.69) is 24.9 Å². The van der Waals surface area contributed by atoms with E-state index in [0.29, 0.717) is 22.5 Å². The minimum absolute atomic E-state index is 0.108. The number of pyridine rings is 1. The van der Waals surface area contributed by atoms with Gasteiger partial charge < -0.3 is 14.7 Å². The van der Waals surface area contributed by atoms with Gasteiger partial charge in [-0.25, -0.2) is 9.97 Å². The minimum Gasteiger partial charge on any atom is -0.481 e. The van der Waals surface area contributed by atoms with Crippen molar-refractivity contribution >= 4 is 33.8 Å². The van der Waals surface area contributed by atoms with E-state index in [0.717, 1.165) is 17.6 Å². The van der Waals surface area contributed by atoms with Gasteiger partial charge >= 0.3 is 6.18 Å². The number of nitrogens with one attached hydrogen (secondary N) is 2. The van der Waals surface area contributed by atoms with Crippen molar-refractivity contribution in [2.45, 2.75) is 17.1 Å². The van der Waals surface area contributed by atoms with Crippen molar-refractivity contribution in [3.8, 4) is 5.88 Å². The Kier molecular flexibility index (Phi) is 4.46. The molecule has 0 unspecified atom stereocenters. The fourth-order valence-corrected chi connectivity index (χ4v) is 3.35. The number of alkyl halides is 3. The lowest BCUT2D eigenvalue weighted by Gasteiger charge is -2.07. The van der Waals surface area contributed by atoms with Gasteiger partial charge in [0.2, 0.25) is 5.88 Å². The highest BCUT2D eigenvalue weighted by Crippen LogP contribution is 2.30. The van der Waals surface area contributed by atoms with Crippen LogP contribution < -0.4 is 10.3 Å². The number of hydrogen-bond acceptors (Lipinski definition) is 6. The molecule has 1 aromatic carbocycles. The molecule has 0 bridgehead atoms. The van der Waals surface area contributed by atoms with Gasteiger partial charge in [0.05, 0.1) is 34.8 Å². The predicted octanol–water partition coefficient (Wildman–Crippen LogP) is 3.51. The van der Waals surface area contributed by atoms with Crippen LogP contribution in [0.1, 0.15) is 11.4 Å². The maximum atomic E-state index is 12.8. The number of imidazole rings is 1. The zero-order valence-corrected chi connectivity index (χ0v) is 15.1. The number of methoxy groups -OCH3 is 1. The van der Waals surface area contributed by atoms with Crippen LogP contribution in [0.2, 0.25) is 0 Å². The second-order valence-electron chi connectivity index (χ2n) is 5.80. The fourth-order valence-electron chi connectivity index (χ4n) is 2.60. The van der Waals surface area contributed by atoms with Crippen LogP contribution in [-0.4, -0.2) is 32.0 Å². The summed E-state index contributed by atoms with van der Waals surface area (Å²) < 4.78 is 43.5. The summed E-state index contributed by atoms with van der Waals surface area (Å²) in [5, 5.41) is 0.453. The second-order valence-corrected chi connectivity index (χ2v) is 6.76. The molecule has 0 fully saturated rings. The Labute approximate surface area is 159 Å². The lowest BCUT2D eigenvalue weighted by Crippen LogP contribution is -2.13. The average molecular weight is 407 g/mol. The molecule has 0 aliphatic carbocycles. The lowest BCUT2D eigenvalue weighted by atomic mass is 10.1. The zero-order valence-electron chi connectivity index (χ0n) is 14.3. The number of fused-ring (bicyclic) bond motifs is 2. The van der Waals surface area contributed by atoms with E-state index in [4.69, 9.17) is 4.74 Å². The van der Waals surface area contributed by atoms with Crippen LogP contribution in [0, 0.1) is 0 Å². The third-order valence-corrected chi connectivity index (χ3v) is 4.82. The van der Waals surface area contributed by atoms with Gasteiger partial charge in [0.15, 0.2) is 10.8 Å². The van der Waals surface area contributed by atoms with Crippen molar-refractivity contribution in [3.05, 3.63) is 52.1 Å². The Bertz CT molecular complexity index is 1240. The number of thioether (sulfide) groups is 1. The summed E-state index contributed by atoms with van der Waals surface area (Å²) >= 11 is 1.28. The van der Waals surface area contributed by atoms with Crippen molar-refractivity contribution in [2.24, 2.45) is 0 Å². The molecule has 144 valence electrons. The SMILES string of the molecule is COc1ccc2[nH]c(SCc3nc4ccc(C(F)(F)F)cc4c(=O)[nH]3)nc2n1. The maximum Gasteiger partial charge on any atom is 0.416 e. The van der Waals surface area contributed by atoms with Crippen LogP contribution in [0.3, 0.4) is 0 Å². The smallest absolute Gasteiger partial charge is 0.416 e. The van der Waals surface area contributed by atoms with E-state index >= 15 is 0 Å². The molecule has 4 aromatic rings. The second kappa shape index (κ2) is 6.82. The highest BCUT2D eigenvalue weighted by molar-refractivity contribution is 7.98. The van der Waals surface area contributed by atoms with Crippen LogP contribution in [0.25, 0.3) is 22.1 Å². The third-order valence-electron chi connectivity index (χ3n) is 3.94. The Hall–Kier alpha value is -3.08. The van der Waals surface area contributed by atoms with E-state index < -0.39 is 17.3 Å². The number of ether oxygens (including phenoxy) is 1. The minimum atomic E-state index is -4.52. The molecule has 11 heteroatoms. The maximum absolute atomic E-state index is 12.8. The summed E-state index contributed by atoms with van der Waals surface area (Å²) in [5.41, 5.74) is -0.102. The largest absolute Gasteiger partial charge is 0.481 e. The van der Waals surface area contributed by atoms with Crippen molar-refractivity contribution in [1.82, 2.24) is 24.9 Å². The first-order valence-electron chi connectivity index (χ1n) is 7.97. The van der Waals surface area contributed by atoms with Gasteiger partial charge in [-0.2, -0.15) is 18.2 Å². The first-order chi connectivity index (χ1) is 13.3. The van der Waals surface area contributed by atoms with Gasteiger partial charge in [0, 0.05) is 6.07 Å². The third kappa shape index (κ3) is 3.52. The first-order valence-corrected chi connectivity index (χ1v) is 8.96. The number of rotatable bonds is 4. The molecule has 0 saturated carbocycles. The molecule has 0 aliphatic rings. The Morgan fingerprint density at radius 3 is 2.68 bits per heavy atom. The van der Waals surface area contributed by atoms with E-state index in [1.165, 1.54) is 24.9 Å². The van der Waals surface area contributed by atoms with Crippen molar-refractivity contribution < 1.29 is 17.9 Å². The molecule has 7 nitrogen and oxygen atoms in total. The Morgan fingerprint density at radius 2 is 1.93 bits per heavy atom. The van der Waals surface area contributed by atoms with E-state index in [9.17, 15) is 18.0 Å². The van der Waals surface area contributed by atoms with Crippen LogP contribution >= 0.6 is 11.8 Å². The molecule has 0 spiro atoms. The van der Waals surface area contributed by atoms with Crippen molar-refractivity contribution in [3.63, 3.8) is 0 Å². The molecular weight excluding hydrogens is 395 g/mol. The van der Waals surface area contributed by atoms with Crippen molar-refractivity contribution in [1.29, 1.82) is 0 Å². The highest BCUT2D eigenvalue weighted by atomic mass is 32.2. The van der Waals surface area contributed by atoms with Gasteiger partial charge in [-0.05, 0) is 24.3 Å². The van der Waals surface area contributed by atoms with Crippen LogP contribution in [0.15, 0.2) is 40.3 Å². The lowest BCUT2D eigenvalue weighted by molar-refractivity contribution is -0.137. The van der Waals surface area contributed by atoms with Gasteiger partial charge in [-0.1, -0.05) is 11.8 Å². The summed E-state index contributed by atoms with van der Waals surface area (Å²) in [5.74, 6) is 1.03. The summed E-state index contributed by atoms with van der Waals surface area (Å²) in [4.78, 5) is 30.6. The summed E-state index contributed by atoms with van der Waals surface area (Å²) in [6.07, 6.45) is -4.52. The molecule has 3 heterocycles. The molecule has 4 rings (SSSR count). The molecule has 3 aromatic heterocycles. The summed E-state index contributed by atoms with van der Waals surface area (Å²) in [6, 6.07) is 6.39. The monoisotopic (exact) mass is 407 g/mol. The summed E-state index contributed by atoms with van der Waals surface area (Å²) in [6.45, 7) is 0. The summed E-state index contributed by atoms with van der Waals surface area (Å²) in [7, 11) is 1.51. The van der Waals surface area contributed by atoms with Gasteiger partial charge in [0.1, 0.15) is 5.82 Å². The predicted molar refractivity (Wildman–Crippen MR) is 97.4 cm³/mol. The number of halogens is 3.